The molecule has 30 heavy (non-hydrogen) atoms. The minimum atomic E-state index is -0.422. The number of nitrogens with two attached hydrogens (primary N) is 1. The largest absolute Gasteiger partial charge is 0.366 e. The number of carbonyl (C=O) groups is 1. The number of hydrogen-bond donors (Lipinski definition) is 3. The highest BCUT2D eigenvalue weighted by Crippen LogP contribution is 2.13. The molecule has 0 radical (unpaired) electrons. The number of likely N-dealkylation sites (tertiary alicyclic amines) is 1. The molecule has 0 spiro atoms. The Bertz CT molecular complexity index is 841. The van der Waals surface area contributed by atoms with Gasteiger partial charge in [-0.05, 0) is 61.7 Å². The average molecular weight is 408 g/mol. The van der Waals surface area contributed by atoms with Gasteiger partial charge in [0, 0.05) is 25.2 Å². The first-order valence-electron chi connectivity index (χ1n) is 10.8. The third kappa shape index (κ3) is 6.88. The summed E-state index contributed by atoms with van der Waals surface area (Å²) in [7, 11) is 0. The average Bonchev–Trinajstić information content (AvgIpc) is 2.77. The number of primary amides is 1. The Morgan fingerprint density at radius 2 is 1.73 bits per heavy atom. The second kappa shape index (κ2) is 11.4. The van der Waals surface area contributed by atoms with Crippen LogP contribution in [0.2, 0.25) is 0 Å². The van der Waals surface area contributed by atoms with Crippen molar-refractivity contribution in [1.82, 2.24) is 15.5 Å². The van der Waals surface area contributed by atoms with E-state index >= 15 is 0 Å². The zero-order valence-corrected chi connectivity index (χ0v) is 17.9. The highest BCUT2D eigenvalue weighted by atomic mass is 16.1. The first-order chi connectivity index (χ1) is 14.6. The van der Waals surface area contributed by atoms with Crippen LogP contribution < -0.4 is 16.4 Å². The SMILES string of the molecule is CCNC(=NCc1cccc(C(N)=O)c1)NCc1ccc(CN2CCCCC2)cc1. The van der Waals surface area contributed by atoms with Crippen LogP contribution in [0.15, 0.2) is 53.5 Å². The Balaban J connectivity index is 1.54. The molecular weight excluding hydrogens is 374 g/mol. The number of nitrogens with one attached hydrogen (secondary N) is 2. The van der Waals surface area contributed by atoms with Gasteiger partial charge in [0.25, 0.3) is 0 Å². The molecule has 1 saturated heterocycles. The van der Waals surface area contributed by atoms with Gasteiger partial charge in [-0.1, -0.05) is 42.8 Å². The predicted molar refractivity (Wildman–Crippen MR) is 122 cm³/mol. The topological polar surface area (TPSA) is 82.7 Å². The number of amides is 1. The molecule has 0 unspecified atom stereocenters. The molecule has 4 N–H and O–H groups in total. The first-order valence-corrected chi connectivity index (χ1v) is 10.8. The number of aliphatic imine (C=N–C) groups is 1. The number of hydrogen-bond acceptors (Lipinski definition) is 3. The van der Waals surface area contributed by atoms with Gasteiger partial charge < -0.3 is 16.4 Å². The highest BCUT2D eigenvalue weighted by Gasteiger charge is 2.10. The molecule has 1 aliphatic heterocycles. The lowest BCUT2D eigenvalue weighted by Gasteiger charge is -2.26. The van der Waals surface area contributed by atoms with Gasteiger partial charge in [-0.3, -0.25) is 9.69 Å². The van der Waals surface area contributed by atoms with E-state index in [-0.39, 0.29) is 0 Å². The quantitative estimate of drug-likeness (QED) is 0.464. The van der Waals surface area contributed by atoms with E-state index in [0.29, 0.717) is 18.7 Å². The Labute approximate surface area is 179 Å². The van der Waals surface area contributed by atoms with Crippen molar-refractivity contribution in [1.29, 1.82) is 0 Å². The molecule has 0 saturated carbocycles. The molecule has 2 aromatic rings. The number of piperidine rings is 1. The molecule has 2 aromatic carbocycles. The fourth-order valence-corrected chi connectivity index (χ4v) is 3.66. The van der Waals surface area contributed by atoms with Crippen molar-refractivity contribution in [2.24, 2.45) is 10.7 Å². The third-order valence-corrected chi connectivity index (χ3v) is 5.31. The van der Waals surface area contributed by atoms with Crippen LogP contribution in [0.5, 0.6) is 0 Å². The summed E-state index contributed by atoms with van der Waals surface area (Å²) in [5.74, 6) is 0.328. The summed E-state index contributed by atoms with van der Waals surface area (Å²) in [5.41, 5.74) is 9.41. The number of carbonyl (C=O) groups excluding carboxylic acids is 1. The minimum Gasteiger partial charge on any atom is -0.366 e. The summed E-state index contributed by atoms with van der Waals surface area (Å²) in [4.78, 5) is 18.5. The molecule has 0 aliphatic carbocycles. The lowest BCUT2D eigenvalue weighted by atomic mass is 10.1. The monoisotopic (exact) mass is 407 g/mol. The molecule has 160 valence electrons. The van der Waals surface area contributed by atoms with Crippen molar-refractivity contribution in [2.45, 2.75) is 45.8 Å². The van der Waals surface area contributed by atoms with Gasteiger partial charge >= 0.3 is 0 Å². The van der Waals surface area contributed by atoms with Gasteiger partial charge in [-0.15, -0.1) is 0 Å². The van der Waals surface area contributed by atoms with Crippen LogP contribution in [-0.2, 0) is 19.6 Å². The van der Waals surface area contributed by atoms with Crippen molar-refractivity contribution >= 4 is 11.9 Å². The van der Waals surface area contributed by atoms with E-state index in [1.807, 2.05) is 19.1 Å². The van der Waals surface area contributed by atoms with Crippen LogP contribution in [-0.4, -0.2) is 36.4 Å². The van der Waals surface area contributed by atoms with Crippen LogP contribution in [0.1, 0.15) is 53.2 Å². The molecule has 0 atom stereocenters. The Morgan fingerprint density at radius 3 is 2.43 bits per heavy atom. The highest BCUT2D eigenvalue weighted by molar-refractivity contribution is 5.92. The molecule has 6 nitrogen and oxygen atoms in total. The maximum atomic E-state index is 11.3. The second-order valence-electron chi connectivity index (χ2n) is 7.77. The van der Waals surface area contributed by atoms with Crippen molar-refractivity contribution in [2.75, 3.05) is 19.6 Å². The van der Waals surface area contributed by atoms with Gasteiger partial charge in [0.1, 0.15) is 0 Å². The van der Waals surface area contributed by atoms with Crippen molar-refractivity contribution in [3.8, 4) is 0 Å². The summed E-state index contributed by atoms with van der Waals surface area (Å²) in [5, 5.41) is 6.65. The van der Waals surface area contributed by atoms with E-state index in [1.165, 1.54) is 43.5 Å². The zero-order chi connectivity index (χ0) is 21.2. The smallest absolute Gasteiger partial charge is 0.248 e. The van der Waals surface area contributed by atoms with Crippen molar-refractivity contribution < 1.29 is 4.79 Å². The molecule has 0 bridgehead atoms. The van der Waals surface area contributed by atoms with E-state index in [1.54, 1.807) is 12.1 Å². The van der Waals surface area contributed by atoms with Crippen LogP contribution in [0, 0.1) is 0 Å². The molecule has 1 fully saturated rings. The van der Waals surface area contributed by atoms with Gasteiger partial charge in [0.2, 0.25) is 5.91 Å². The molecule has 6 heteroatoms. The van der Waals surface area contributed by atoms with Crippen molar-refractivity contribution in [3.63, 3.8) is 0 Å². The summed E-state index contributed by atoms with van der Waals surface area (Å²) in [6, 6.07) is 16.1. The lowest BCUT2D eigenvalue weighted by Crippen LogP contribution is -2.36. The zero-order valence-electron chi connectivity index (χ0n) is 17.9. The maximum Gasteiger partial charge on any atom is 0.248 e. The summed E-state index contributed by atoms with van der Waals surface area (Å²) in [6.07, 6.45) is 4.01. The third-order valence-electron chi connectivity index (χ3n) is 5.31. The van der Waals surface area contributed by atoms with Crippen LogP contribution in [0.3, 0.4) is 0 Å². The van der Waals surface area contributed by atoms with E-state index in [0.717, 1.165) is 24.6 Å². The van der Waals surface area contributed by atoms with E-state index < -0.39 is 5.91 Å². The molecule has 0 aromatic heterocycles. The van der Waals surface area contributed by atoms with Gasteiger partial charge in [0.15, 0.2) is 5.96 Å². The standard InChI is InChI=1S/C24H33N5O/c1-2-26-24(28-17-21-7-6-8-22(15-21)23(25)30)27-16-19-9-11-20(12-10-19)18-29-13-4-3-5-14-29/h6-12,15H,2-5,13-14,16-18H2,1H3,(H2,25,30)(H2,26,27,28). The number of guanidine groups is 1. The maximum absolute atomic E-state index is 11.3. The van der Waals surface area contributed by atoms with E-state index in [4.69, 9.17) is 5.73 Å². The molecule has 3 rings (SSSR count). The number of nitrogens with zero attached hydrogens (tertiary/aromatic N) is 2. The van der Waals surface area contributed by atoms with Crippen molar-refractivity contribution in [3.05, 3.63) is 70.8 Å². The summed E-state index contributed by atoms with van der Waals surface area (Å²) < 4.78 is 0. The lowest BCUT2D eigenvalue weighted by molar-refractivity contribution is 0.1000. The number of rotatable bonds is 8. The fraction of sp³-hybridized carbons (Fsp3) is 0.417. The Kier molecular flexibility index (Phi) is 8.27. The molecule has 1 aliphatic rings. The summed E-state index contributed by atoms with van der Waals surface area (Å²) in [6.45, 7) is 7.48. The van der Waals surface area contributed by atoms with Crippen LogP contribution in [0.25, 0.3) is 0 Å². The molecule has 1 amide bonds. The van der Waals surface area contributed by atoms with Gasteiger partial charge in [-0.2, -0.15) is 0 Å². The van der Waals surface area contributed by atoms with Gasteiger partial charge in [0.05, 0.1) is 6.54 Å². The number of benzene rings is 2. The summed E-state index contributed by atoms with van der Waals surface area (Å²) >= 11 is 0. The normalized spacial score (nSPS) is 15.0. The van der Waals surface area contributed by atoms with E-state index in [2.05, 4.69) is 44.8 Å². The van der Waals surface area contributed by atoms with Crippen LogP contribution in [0.4, 0.5) is 0 Å². The predicted octanol–water partition coefficient (Wildman–Crippen LogP) is 3.03. The molecule has 1 heterocycles. The first kappa shape index (κ1) is 21.8. The van der Waals surface area contributed by atoms with Gasteiger partial charge in [-0.25, -0.2) is 4.99 Å². The molecular formula is C24H33N5O. The second-order valence-corrected chi connectivity index (χ2v) is 7.77. The Morgan fingerprint density at radius 1 is 1.00 bits per heavy atom. The minimum absolute atomic E-state index is 0.422. The Hall–Kier alpha value is -2.86. The fourth-order valence-electron chi connectivity index (χ4n) is 3.66. The van der Waals surface area contributed by atoms with E-state index in [9.17, 15) is 4.79 Å². The van der Waals surface area contributed by atoms with Crippen LogP contribution >= 0.6 is 0 Å².